The fraction of sp³-hybridized carbons (Fsp3) is 0.235. The molecule has 3 rings (SSSR count). The van der Waals surface area contributed by atoms with Crippen LogP contribution in [0, 0.1) is 17.5 Å². The van der Waals surface area contributed by atoms with Gasteiger partial charge in [-0.15, -0.1) is 0 Å². The van der Waals surface area contributed by atoms with Gasteiger partial charge >= 0.3 is 0 Å². The second-order valence-electron chi connectivity index (χ2n) is 5.50. The van der Waals surface area contributed by atoms with Gasteiger partial charge < -0.3 is 5.32 Å². The molecule has 0 aromatic heterocycles. The van der Waals surface area contributed by atoms with Gasteiger partial charge in [-0.25, -0.2) is 13.2 Å². The molecule has 0 saturated heterocycles. The molecular weight excluding hydrogens is 305 g/mol. The van der Waals surface area contributed by atoms with Crippen molar-refractivity contribution in [2.45, 2.75) is 13.0 Å². The van der Waals surface area contributed by atoms with Gasteiger partial charge in [-0.2, -0.15) is 0 Å². The SMILES string of the molecule is O=C(CN1CCc2ccccc2C1)Nc1ccc(F)c(F)c1F. The number of carbonyl (C=O) groups is 1. The van der Waals surface area contributed by atoms with Crippen LogP contribution in [0.25, 0.3) is 0 Å². The van der Waals surface area contributed by atoms with E-state index in [1.807, 2.05) is 23.1 Å². The van der Waals surface area contributed by atoms with Crippen LogP contribution < -0.4 is 5.32 Å². The van der Waals surface area contributed by atoms with Crippen LogP contribution in [0.15, 0.2) is 36.4 Å². The summed E-state index contributed by atoms with van der Waals surface area (Å²) in [5, 5.41) is 2.29. The smallest absolute Gasteiger partial charge is 0.238 e. The molecule has 0 aliphatic carbocycles. The molecule has 23 heavy (non-hydrogen) atoms. The first kappa shape index (κ1) is 15.6. The average Bonchev–Trinajstić information content (AvgIpc) is 2.55. The molecule has 3 nitrogen and oxygen atoms in total. The summed E-state index contributed by atoms with van der Waals surface area (Å²) in [7, 11) is 0. The fourth-order valence-corrected chi connectivity index (χ4v) is 2.70. The molecule has 1 aliphatic heterocycles. The van der Waals surface area contributed by atoms with Crippen LogP contribution in [0.4, 0.5) is 18.9 Å². The number of hydrogen-bond donors (Lipinski definition) is 1. The summed E-state index contributed by atoms with van der Waals surface area (Å²) in [5.74, 6) is -4.72. The molecule has 0 bridgehead atoms. The lowest BCUT2D eigenvalue weighted by Gasteiger charge is -2.28. The van der Waals surface area contributed by atoms with Gasteiger partial charge in [0.15, 0.2) is 17.5 Å². The predicted molar refractivity (Wildman–Crippen MR) is 80.4 cm³/mol. The molecular formula is C17H15F3N2O. The molecule has 0 fully saturated rings. The Kier molecular flexibility index (Phi) is 4.34. The van der Waals surface area contributed by atoms with E-state index in [0.29, 0.717) is 13.1 Å². The number of rotatable bonds is 3. The number of fused-ring (bicyclic) bond motifs is 1. The molecule has 0 atom stereocenters. The Bertz CT molecular complexity index is 749. The zero-order chi connectivity index (χ0) is 16.4. The van der Waals surface area contributed by atoms with Gasteiger partial charge in [0, 0.05) is 13.1 Å². The molecule has 120 valence electrons. The van der Waals surface area contributed by atoms with Gasteiger partial charge in [0.05, 0.1) is 12.2 Å². The first-order valence-electron chi connectivity index (χ1n) is 7.27. The summed E-state index contributed by atoms with van der Waals surface area (Å²) in [6.45, 7) is 1.40. The highest BCUT2D eigenvalue weighted by atomic mass is 19.2. The highest BCUT2D eigenvalue weighted by Gasteiger charge is 2.20. The third-order valence-electron chi connectivity index (χ3n) is 3.89. The van der Waals surface area contributed by atoms with Crippen molar-refractivity contribution < 1.29 is 18.0 Å². The zero-order valence-electron chi connectivity index (χ0n) is 12.3. The second-order valence-corrected chi connectivity index (χ2v) is 5.50. The predicted octanol–water partition coefficient (Wildman–Crippen LogP) is 3.10. The standard InChI is InChI=1S/C17H15F3N2O/c18-13-5-6-14(17(20)16(13)19)21-15(23)10-22-8-7-11-3-1-2-4-12(11)9-22/h1-6H,7-10H2,(H,21,23). The normalized spacial score (nSPS) is 14.4. The van der Waals surface area contributed by atoms with Crippen molar-refractivity contribution in [1.82, 2.24) is 4.90 Å². The molecule has 0 spiro atoms. The summed E-state index contributed by atoms with van der Waals surface area (Å²) in [4.78, 5) is 13.9. The highest BCUT2D eigenvalue weighted by Crippen LogP contribution is 2.21. The van der Waals surface area contributed by atoms with Crippen LogP contribution in [-0.2, 0) is 17.8 Å². The first-order chi connectivity index (χ1) is 11.0. The maximum atomic E-state index is 13.6. The molecule has 0 unspecified atom stereocenters. The van der Waals surface area contributed by atoms with E-state index in [9.17, 15) is 18.0 Å². The summed E-state index contributed by atoms with van der Waals surface area (Å²) in [6.07, 6.45) is 0.836. The van der Waals surface area contributed by atoms with Crippen molar-refractivity contribution in [2.75, 3.05) is 18.4 Å². The Morgan fingerprint density at radius 3 is 2.57 bits per heavy atom. The van der Waals surface area contributed by atoms with Gasteiger partial charge in [-0.1, -0.05) is 24.3 Å². The van der Waals surface area contributed by atoms with E-state index in [1.54, 1.807) is 0 Å². The Morgan fingerprint density at radius 1 is 1.04 bits per heavy atom. The topological polar surface area (TPSA) is 32.3 Å². The van der Waals surface area contributed by atoms with Crippen molar-refractivity contribution in [3.8, 4) is 0 Å². The summed E-state index contributed by atoms with van der Waals surface area (Å²) < 4.78 is 39.6. The molecule has 6 heteroatoms. The quantitative estimate of drug-likeness (QED) is 0.882. The Labute approximate surface area is 131 Å². The minimum atomic E-state index is -1.59. The van der Waals surface area contributed by atoms with Crippen LogP contribution in [0.3, 0.4) is 0 Å². The van der Waals surface area contributed by atoms with Crippen molar-refractivity contribution in [1.29, 1.82) is 0 Å². The van der Waals surface area contributed by atoms with E-state index in [-0.39, 0.29) is 12.2 Å². The van der Waals surface area contributed by atoms with E-state index < -0.39 is 23.4 Å². The third kappa shape index (κ3) is 3.37. The van der Waals surface area contributed by atoms with Gasteiger partial charge in [-0.05, 0) is 29.7 Å². The lowest BCUT2D eigenvalue weighted by Crippen LogP contribution is -2.37. The second kappa shape index (κ2) is 6.42. The molecule has 1 amide bonds. The Hall–Kier alpha value is -2.34. The molecule has 1 heterocycles. The summed E-state index contributed by atoms with van der Waals surface area (Å²) in [6, 6.07) is 9.78. The number of amides is 1. The molecule has 1 aliphatic rings. The minimum absolute atomic E-state index is 0.0623. The number of benzene rings is 2. The largest absolute Gasteiger partial charge is 0.322 e. The highest BCUT2D eigenvalue weighted by molar-refractivity contribution is 5.92. The number of carbonyl (C=O) groups excluding carboxylic acids is 1. The number of anilines is 1. The lowest BCUT2D eigenvalue weighted by atomic mass is 10.00. The maximum absolute atomic E-state index is 13.6. The number of hydrogen-bond acceptors (Lipinski definition) is 2. The molecule has 1 N–H and O–H groups in total. The van der Waals surface area contributed by atoms with E-state index in [4.69, 9.17) is 0 Å². The van der Waals surface area contributed by atoms with Crippen LogP contribution in [0.5, 0.6) is 0 Å². The van der Waals surface area contributed by atoms with E-state index in [0.717, 1.165) is 24.1 Å². The van der Waals surface area contributed by atoms with Crippen LogP contribution in [0.1, 0.15) is 11.1 Å². The van der Waals surface area contributed by atoms with E-state index >= 15 is 0 Å². The van der Waals surface area contributed by atoms with Crippen LogP contribution in [-0.4, -0.2) is 23.9 Å². The number of halogens is 3. The molecule has 2 aromatic carbocycles. The molecule has 0 radical (unpaired) electrons. The average molecular weight is 320 g/mol. The zero-order valence-corrected chi connectivity index (χ0v) is 12.3. The monoisotopic (exact) mass is 320 g/mol. The van der Waals surface area contributed by atoms with Crippen LogP contribution in [0.2, 0.25) is 0 Å². The van der Waals surface area contributed by atoms with Gasteiger partial charge in [0.1, 0.15) is 0 Å². The first-order valence-corrected chi connectivity index (χ1v) is 7.27. The Morgan fingerprint density at radius 2 is 1.78 bits per heavy atom. The lowest BCUT2D eigenvalue weighted by molar-refractivity contribution is -0.117. The third-order valence-corrected chi connectivity index (χ3v) is 3.89. The fourth-order valence-electron chi connectivity index (χ4n) is 2.70. The van der Waals surface area contributed by atoms with Crippen molar-refractivity contribution >= 4 is 11.6 Å². The van der Waals surface area contributed by atoms with Gasteiger partial charge in [0.2, 0.25) is 5.91 Å². The van der Waals surface area contributed by atoms with E-state index in [2.05, 4.69) is 11.4 Å². The molecule has 2 aromatic rings. The van der Waals surface area contributed by atoms with Crippen molar-refractivity contribution in [3.05, 3.63) is 65.0 Å². The number of nitrogens with zero attached hydrogens (tertiary/aromatic N) is 1. The number of nitrogens with one attached hydrogen (secondary N) is 1. The van der Waals surface area contributed by atoms with Gasteiger partial charge in [-0.3, -0.25) is 9.69 Å². The minimum Gasteiger partial charge on any atom is -0.322 e. The van der Waals surface area contributed by atoms with Crippen molar-refractivity contribution in [2.24, 2.45) is 0 Å². The molecule has 0 saturated carbocycles. The van der Waals surface area contributed by atoms with Gasteiger partial charge in [0.25, 0.3) is 0 Å². The van der Waals surface area contributed by atoms with E-state index in [1.165, 1.54) is 5.56 Å². The van der Waals surface area contributed by atoms with Crippen molar-refractivity contribution in [3.63, 3.8) is 0 Å². The summed E-state index contributed by atoms with van der Waals surface area (Å²) in [5.41, 5.74) is 2.06. The summed E-state index contributed by atoms with van der Waals surface area (Å²) >= 11 is 0. The Balaban J connectivity index is 1.64. The van der Waals surface area contributed by atoms with Crippen LogP contribution >= 0.6 is 0 Å². The maximum Gasteiger partial charge on any atom is 0.238 e.